The summed E-state index contributed by atoms with van der Waals surface area (Å²) in [4.78, 5) is 9.00. The van der Waals surface area contributed by atoms with E-state index in [9.17, 15) is 0 Å². The summed E-state index contributed by atoms with van der Waals surface area (Å²) in [6, 6.07) is 0. The van der Waals surface area contributed by atoms with Gasteiger partial charge in [-0.15, -0.1) is 0 Å². The molecule has 102 valence electrons. The Morgan fingerprint density at radius 1 is 1.28 bits per heavy atom. The van der Waals surface area contributed by atoms with Crippen molar-refractivity contribution in [3.8, 4) is 0 Å². The molecule has 0 saturated carbocycles. The molecule has 1 aromatic heterocycles. The summed E-state index contributed by atoms with van der Waals surface area (Å²) in [6.45, 7) is 11.0. The van der Waals surface area contributed by atoms with E-state index in [1.165, 1.54) is 0 Å². The lowest BCUT2D eigenvalue weighted by atomic mass is 10.1. The van der Waals surface area contributed by atoms with Gasteiger partial charge in [0.2, 0.25) is 5.89 Å². The largest absolute Gasteiger partial charge is 0.336 e. The molecule has 1 fully saturated rings. The SMILES string of the molecule is CCNC(C)(C)c1nc(N2CCN(C)CC2)no1. The standard InChI is InChI=1S/C12H23N5O/c1-5-13-12(2,3)10-14-11(15-18-10)17-8-6-16(4)7-9-17/h13H,5-9H2,1-4H3. The molecule has 0 unspecified atom stereocenters. The van der Waals surface area contributed by atoms with Gasteiger partial charge in [0.1, 0.15) is 0 Å². The van der Waals surface area contributed by atoms with Gasteiger partial charge in [-0.25, -0.2) is 0 Å². The normalized spacial score (nSPS) is 18.3. The van der Waals surface area contributed by atoms with Gasteiger partial charge in [0.15, 0.2) is 0 Å². The highest BCUT2D eigenvalue weighted by Gasteiger charge is 2.28. The van der Waals surface area contributed by atoms with Crippen molar-refractivity contribution in [3.63, 3.8) is 0 Å². The Balaban J connectivity index is 2.06. The summed E-state index contributed by atoms with van der Waals surface area (Å²) in [5.74, 6) is 1.36. The fourth-order valence-electron chi connectivity index (χ4n) is 2.12. The highest BCUT2D eigenvalue weighted by Crippen LogP contribution is 2.21. The Morgan fingerprint density at radius 3 is 2.56 bits per heavy atom. The lowest BCUT2D eigenvalue weighted by Gasteiger charge is -2.31. The molecule has 0 aromatic carbocycles. The van der Waals surface area contributed by atoms with Gasteiger partial charge in [-0.1, -0.05) is 6.92 Å². The van der Waals surface area contributed by atoms with Gasteiger partial charge in [0.05, 0.1) is 5.54 Å². The van der Waals surface area contributed by atoms with E-state index in [2.05, 4.69) is 53.1 Å². The third kappa shape index (κ3) is 2.81. The molecular weight excluding hydrogens is 230 g/mol. The van der Waals surface area contributed by atoms with Gasteiger partial charge < -0.3 is 19.6 Å². The maximum atomic E-state index is 5.38. The minimum Gasteiger partial charge on any atom is -0.336 e. The van der Waals surface area contributed by atoms with Crippen LogP contribution in [0.25, 0.3) is 0 Å². The zero-order valence-corrected chi connectivity index (χ0v) is 11.7. The van der Waals surface area contributed by atoms with Gasteiger partial charge in [0, 0.05) is 26.2 Å². The minimum atomic E-state index is -0.271. The van der Waals surface area contributed by atoms with Crippen LogP contribution >= 0.6 is 0 Å². The number of piperazine rings is 1. The highest BCUT2D eigenvalue weighted by atomic mass is 16.5. The second-order valence-corrected chi connectivity index (χ2v) is 5.35. The monoisotopic (exact) mass is 253 g/mol. The van der Waals surface area contributed by atoms with Crippen molar-refractivity contribution in [2.45, 2.75) is 26.3 Å². The van der Waals surface area contributed by atoms with E-state index in [4.69, 9.17) is 4.52 Å². The second-order valence-electron chi connectivity index (χ2n) is 5.35. The zero-order chi connectivity index (χ0) is 13.2. The molecule has 1 saturated heterocycles. The summed E-state index contributed by atoms with van der Waals surface area (Å²) in [5.41, 5.74) is -0.271. The highest BCUT2D eigenvalue weighted by molar-refractivity contribution is 5.29. The predicted octanol–water partition coefficient (Wildman–Crippen LogP) is 0.666. The first-order chi connectivity index (χ1) is 8.53. The first kappa shape index (κ1) is 13.3. The van der Waals surface area contributed by atoms with Crippen LogP contribution in [0.15, 0.2) is 4.52 Å². The van der Waals surface area contributed by atoms with E-state index in [0.717, 1.165) is 32.7 Å². The average Bonchev–Trinajstić information content (AvgIpc) is 2.80. The Labute approximate surface area is 108 Å². The van der Waals surface area contributed by atoms with Crippen LogP contribution in [-0.4, -0.2) is 54.8 Å². The summed E-state index contributed by atoms with van der Waals surface area (Å²) in [6.07, 6.45) is 0. The van der Waals surface area contributed by atoms with Crippen molar-refractivity contribution < 1.29 is 4.52 Å². The molecule has 1 aromatic rings. The molecule has 18 heavy (non-hydrogen) atoms. The third-order valence-electron chi connectivity index (χ3n) is 3.35. The average molecular weight is 253 g/mol. The minimum absolute atomic E-state index is 0.271. The van der Waals surface area contributed by atoms with Crippen LogP contribution in [0.4, 0.5) is 5.95 Å². The van der Waals surface area contributed by atoms with Gasteiger partial charge in [0.25, 0.3) is 5.95 Å². The summed E-state index contributed by atoms with van der Waals surface area (Å²) < 4.78 is 5.38. The van der Waals surface area contributed by atoms with Crippen LogP contribution in [0.1, 0.15) is 26.7 Å². The molecule has 0 aliphatic carbocycles. The topological polar surface area (TPSA) is 57.4 Å². The van der Waals surface area contributed by atoms with Crippen molar-refractivity contribution >= 4 is 5.95 Å². The Bertz CT molecular complexity index is 382. The Kier molecular flexibility index (Phi) is 3.87. The molecule has 2 heterocycles. The van der Waals surface area contributed by atoms with Gasteiger partial charge in [-0.3, -0.25) is 0 Å². The Morgan fingerprint density at radius 2 is 1.94 bits per heavy atom. The van der Waals surface area contributed by atoms with Crippen LogP contribution in [0, 0.1) is 0 Å². The third-order valence-corrected chi connectivity index (χ3v) is 3.35. The molecule has 6 heteroatoms. The van der Waals surface area contributed by atoms with Crippen LogP contribution in [0.3, 0.4) is 0 Å². The zero-order valence-electron chi connectivity index (χ0n) is 11.7. The molecule has 0 spiro atoms. The predicted molar refractivity (Wildman–Crippen MR) is 70.7 cm³/mol. The molecule has 0 bridgehead atoms. The van der Waals surface area contributed by atoms with E-state index in [-0.39, 0.29) is 5.54 Å². The molecule has 6 nitrogen and oxygen atoms in total. The van der Waals surface area contributed by atoms with Crippen molar-refractivity contribution in [2.24, 2.45) is 0 Å². The smallest absolute Gasteiger partial charge is 0.266 e. The van der Waals surface area contributed by atoms with Crippen LogP contribution in [-0.2, 0) is 5.54 Å². The summed E-state index contributed by atoms with van der Waals surface area (Å²) in [7, 11) is 2.13. The lowest BCUT2D eigenvalue weighted by molar-refractivity contribution is 0.270. The van der Waals surface area contributed by atoms with E-state index < -0.39 is 0 Å². The van der Waals surface area contributed by atoms with Crippen molar-refractivity contribution in [1.82, 2.24) is 20.4 Å². The first-order valence-electron chi connectivity index (χ1n) is 6.55. The number of nitrogens with zero attached hydrogens (tertiary/aromatic N) is 4. The van der Waals surface area contributed by atoms with Gasteiger partial charge in [-0.2, -0.15) is 4.98 Å². The molecule has 1 aliphatic heterocycles. The van der Waals surface area contributed by atoms with E-state index in [1.807, 2.05) is 0 Å². The quantitative estimate of drug-likeness (QED) is 0.851. The van der Waals surface area contributed by atoms with Crippen molar-refractivity contribution in [3.05, 3.63) is 5.89 Å². The van der Waals surface area contributed by atoms with Gasteiger partial charge in [-0.05, 0) is 32.6 Å². The first-order valence-corrected chi connectivity index (χ1v) is 6.55. The molecule has 0 atom stereocenters. The maximum Gasteiger partial charge on any atom is 0.266 e. The number of likely N-dealkylation sites (N-methyl/N-ethyl adjacent to an activating group) is 1. The number of hydrogen-bond acceptors (Lipinski definition) is 6. The fraction of sp³-hybridized carbons (Fsp3) is 0.833. The summed E-state index contributed by atoms with van der Waals surface area (Å²) in [5, 5.41) is 7.43. The maximum absolute atomic E-state index is 5.38. The molecule has 0 amide bonds. The van der Waals surface area contributed by atoms with Crippen LogP contribution in [0.2, 0.25) is 0 Å². The fourth-order valence-corrected chi connectivity index (χ4v) is 2.12. The number of anilines is 1. The molecule has 0 radical (unpaired) electrons. The number of nitrogens with one attached hydrogen (secondary N) is 1. The van der Waals surface area contributed by atoms with Crippen LogP contribution in [0.5, 0.6) is 0 Å². The van der Waals surface area contributed by atoms with Crippen molar-refractivity contribution in [2.75, 3.05) is 44.7 Å². The molecule has 1 aliphatic rings. The molecular formula is C12H23N5O. The van der Waals surface area contributed by atoms with Gasteiger partial charge >= 0.3 is 0 Å². The second kappa shape index (κ2) is 5.24. The van der Waals surface area contributed by atoms with E-state index in [1.54, 1.807) is 0 Å². The van der Waals surface area contributed by atoms with E-state index >= 15 is 0 Å². The Hall–Kier alpha value is -1.14. The lowest BCUT2D eigenvalue weighted by Crippen LogP contribution is -2.45. The van der Waals surface area contributed by atoms with E-state index in [0.29, 0.717) is 11.8 Å². The number of rotatable bonds is 4. The molecule has 1 N–H and O–H groups in total. The summed E-state index contributed by atoms with van der Waals surface area (Å²) >= 11 is 0. The van der Waals surface area contributed by atoms with Crippen molar-refractivity contribution in [1.29, 1.82) is 0 Å². The van der Waals surface area contributed by atoms with Crippen LogP contribution < -0.4 is 10.2 Å². The molecule has 2 rings (SSSR count). The number of aromatic nitrogens is 2. The number of hydrogen-bond donors (Lipinski definition) is 1.